The van der Waals surface area contributed by atoms with Crippen molar-refractivity contribution in [2.24, 2.45) is 0 Å². The van der Waals surface area contributed by atoms with Gasteiger partial charge in [-0.15, -0.1) is 23.5 Å². The summed E-state index contributed by atoms with van der Waals surface area (Å²) in [4.78, 5) is 3.59. The van der Waals surface area contributed by atoms with Crippen LogP contribution >= 0.6 is 23.5 Å². The topological polar surface area (TPSA) is 34.1 Å². The summed E-state index contributed by atoms with van der Waals surface area (Å²) in [6, 6.07) is 20.1. The monoisotopic (exact) mass is 686 g/mol. The van der Waals surface area contributed by atoms with E-state index in [2.05, 4.69) is 51.4 Å². The number of hydrogen-bond acceptors (Lipinski definition) is 4. The third-order valence-corrected chi connectivity index (χ3v) is 17.0. The normalized spacial score (nSPS) is 18.6. The van der Waals surface area contributed by atoms with Crippen LogP contribution in [0.5, 0.6) is 0 Å². The molecule has 3 aromatic carbocycles. The van der Waals surface area contributed by atoms with E-state index < -0.39 is 29.8 Å². The molecule has 0 N–H and O–H groups in total. The lowest BCUT2D eigenvalue weighted by molar-refractivity contribution is 0.565. The molecule has 0 fully saturated rings. The van der Waals surface area contributed by atoms with Crippen molar-refractivity contribution in [1.29, 1.82) is 0 Å². The Hall–Kier alpha value is -2.22. The number of fused-ring (bicyclic) bond motifs is 2. The first kappa shape index (κ1) is 35.1. The summed E-state index contributed by atoms with van der Waals surface area (Å²) in [7, 11) is -2.57. The summed E-state index contributed by atoms with van der Waals surface area (Å²) in [5, 5.41) is 0. The van der Waals surface area contributed by atoms with Crippen LogP contribution in [0.3, 0.4) is 0 Å². The predicted octanol–water partition coefficient (Wildman–Crippen LogP) is 11.1. The molecule has 2 heterocycles. The van der Waals surface area contributed by atoms with Gasteiger partial charge in [0.15, 0.2) is 0 Å². The van der Waals surface area contributed by atoms with E-state index in [-0.39, 0.29) is 0 Å². The van der Waals surface area contributed by atoms with Crippen LogP contribution in [0.25, 0.3) is 0 Å². The van der Waals surface area contributed by atoms with Crippen molar-refractivity contribution in [1.82, 2.24) is 0 Å². The quantitative estimate of drug-likeness (QED) is 0.178. The first-order valence-corrected chi connectivity index (χ1v) is 21.0. The molecule has 0 radical (unpaired) electrons. The summed E-state index contributed by atoms with van der Waals surface area (Å²) >= 11 is 3.52. The summed E-state index contributed by atoms with van der Waals surface area (Å²) in [5.41, 5.74) is 3.50. The third-order valence-electron chi connectivity index (χ3n) is 8.80. The fraction of sp³-hybridized carbons (Fsp3) is 0.450. The highest BCUT2D eigenvalue weighted by Gasteiger charge is 2.53. The Labute approximate surface area is 291 Å². The van der Waals surface area contributed by atoms with Crippen molar-refractivity contribution in [3.05, 3.63) is 82.9 Å². The van der Waals surface area contributed by atoms with Gasteiger partial charge in [-0.1, -0.05) is 139 Å². The molecule has 0 aliphatic carbocycles. The lowest BCUT2D eigenvalue weighted by Gasteiger charge is -2.27. The number of benzene rings is 3. The predicted molar refractivity (Wildman–Crippen MR) is 199 cm³/mol. The largest absolute Gasteiger partial charge is 0.253 e. The smallest absolute Gasteiger partial charge is 0.100 e. The van der Waals surface area contributed by atoms with E-state index in [9.17, 15) is 0 Å². The van der Waals surface area contributed by atoms with E-state index in [0.29, 0.717) is 0 Å². The highest BCUT2D eigenvalue weighted by Crippen LogP contribution is 2.63. The molecule has 0 bridgehead atoms. The van der Waals surface area contributed by atoms with Crippen molar-refractivity contribution in [2.75, 3.05) is 0 Å². The molecule has 0 aromatic heterocycles. The van der Waals surface area contributed by atoms with Gasteiger partial charge >= 0.3 is 0 Å². The van der Waals surface area contributed by atoms with Gasteiger partial charge in [0.2, 0.25) is 0 Å². The van der Waals surface area contributed by atoms with Crippen molar-refractivity contribution in [3.8, 4) is 23.7 Å². The van der Waals surface area contributed by atoms with Crippen LogP contribution in [0.1, 0.15) is 127 Å². The molecular weight excluding hydrogens is 641 g/mol. The second-order valence-electron chi connectivity index (χ2n) is 12.3. The van der Waals surface area contributed by atoms with Gasteiger partial charge in [-0.05, 0) is 49.9 Å². The molecule has 2 aliphatic heterocycles. The molecule has 3 aromatic rings. The van der Waals surface area contributed by atoms with Gasteiger partial charge in [-0.3, -0.25) is 8.42 Å². The number of unbranched alkanes of at least 4 members (excludes halogenated alkanes) is 4. The summed E-state index contributed by atoms with van der Waals surface area (Å²) in [6.45, 7) is 8.82. The van der Waals surface area contributed by atoms with Crippen LogP contribution in [0.2, 0.25) is 0 Å². The summed E-state index contributed by atoms with van der Waals surface area (Å²) < 4.78 is 29.3. The van der Waals surface area contributed by atoms with E-state index in [1.54, 1.807) is 23.5 Å². The van der Waals surface area contributed by atoms with Gasteiger partial charge in [-0.2, -0.15) is 0 Å². The molecule has 2 atom stereocenters. The average Bonchev–Trinajstić information content (AvgIpc) is 3.54. The second-order valence-corrected chi connectivity index (χ2v) is 19.0. The van der Waals surface area contributed by atoms with Crippen LogP contribution in [-0.2, 0) is 21.6 Å². The summed E-state index contributed by atoms with van der Waals surface area (Å²) in [6.07, 6.45) is 11.8. The first-order valence-electron chi connectivity index (χ1n) is 17.0. The maximum absolute atomic E-state index is 15.1. The van der Waals surface area contributed by atoms with E-state index >= 15 is 8.42 Å². The number of hydrogen-bond donors (Lipinski definition) is 0. The number of thioether (sulfide) groups is 2. The van der Waals surface area contributed by atoms with Crippen molar-refractivity contribution in [2.45, 2.75) is 132 Å². The van der Waals surface area contributed by atoms with Crippen LogP contribution in [0.15, 0.2) is 80.2 Å². The molecule has 0 spiro atoms. The van der Waals surface area contributed by atoms with E-state index in [1.165, 1.54) is 0 Å². The Morgan fingerprint density at radius 3 is 1.15 bits per heavy atom. The maximum Gasteiger partial charge on any atom is 0.100 e. The third kappa shape index (κ3) is 7.27. The zero-order valence-corrected chi connectivity index (χ0v) is 31.0. The number of rotatable bonds is 12. The van der Waals surface area contributed by atoms with Crippen LogP contribution < -0.4 is 0 Å². The highest BCUT2D eigenvalue weighted by atomic mass is 32.2. The minimum Gasteiger partial charge on any atom is -0.253 e. The molecule has 2 aliphatic rings. The zero-order valence-electron chi connectivity index (χ0n) is 27.7. The molecule has 6 heteroatoms. The lowest BCUT2D eigenvalue weighted by atomic mass is 10.1. The Morgan fingerprint density at radius 1 is 0.522 bits per heavy atom. The van der Waals surface area contributed by atoms with Gasteiger partial charge in [0, 0.05) is 20.9 Å². The molecule has 0 unspecified atom stereocenters. The SMILES string of the molecule is CCCCC1(CCCC)Sc2c(C#Cc3ccccc3)c3c(c(C#Cc4ccccc4)c2[S@@]1=O)SC(CCCC)(CCCC)[S@]3=O. The van der Waals surface area contributed by atoms with E-state index in [0.717, 1.165) is 119 Å². The Balaban J connectivity index is 1.81. The lowest BCUT2D eigenvalue weighted by Crippen LogP contribution is -2.27. The van der Waals surface area contributed by atoms with Crippen molar-refractivity contribution >= 4 is 45.1 Å². The molecular formula is C40H46O2S4. The fourth-order valence-electron chi connectivity index (χ4n) is 6.18. The van der Waals surface area contributed by atoms with Crippen LogP contribution in [0, 0.1) is 23.7 Å². The van der Waals surface area contributed by atoms with Gasteiger partial charge in [0.25, 0.3) is 0 Å². The molecule has 242 valence electrons. The Morgan fingerprint density at radius 2 is 0.848 bits per heavy atom. The van der Waals surface area contributed by atoms with Gasteiger partial charge in [0.05, 0.1) is 42.5 Å². The Bertz CT molecular complexity index is 1550. The second kappa shape index (κ2) is 16.3. The molecule has 2 nitrogen and oxygen atoms in total. The van der Waals surface area contributed by atoms with Crippen LogP contribution in [-0.4, -0.2) is 16.6 Å². The van der Waals surface area contributed by atoms with Crippen molar-refractivity contribution in [3.63, 3.8) is 0 Å². The maximum atomic E-state index is 15.1. The fourth-order valence-corrected chi connectivity index (χ4v) is 14.5. The van der Waals surface area contributed by atoms with Gasteiger partial charge in [0.1, 0.15) is 8.16 Å². The minimum absolute atomic E-state index is 0.427. The Kier molecular flexibility index (Phi) is 12.4. The summed E-state index contributed by atoms with van der Waals surface area (Å²) in [5.74, 6) is 13.9. The van der Waals surface area contributed by atoms with Crippen molar-refractivity contribution < 1.29 is 8.42 Å². The minimum atomic E-state index is -1.28. The van der Waals surface area contributed by atoms with E-state index in [1.807, 2.05) is 60.7 Å². The molecule has 0 saturated heterocycles. The molecule has 0 saturated carbocycles. The first-order chi connectivity index (χ1) is 22.4. The highest BCUT2D eigenvalue weighted by molar-refractivity contribution is 8.16. The van der Waals surface area contributed by atoms with E-state index in [4.69, 9.17) is 0 Å². The standard InChI is InChI=1S/C40H46O2S4/c1-5-9-27-39(28-10-6-2)43-35-33(25-23-31-19-15-13-16-20-31)38-36(44-40(46(38)42,29-11-7-3)30-12-8-4)34(37(35)45(39)41)26-24-32-21-17-14-18-22-32/h13-22H,5-12,27-30H2,1-4H3/t45-,46-/m0/s1. The van der Waals surface area contributed by atoms with Gasteiger partial charge in [-0.25, -0.2) is 0 Å². The average molecular weight is 687 g/mol. The molecule has 5 rings (SSSR count). The van der Waals surface area contributed by atoms with Gasteiger partial charge < -0.3 is 0 Å². The zero-order chi connectivity index (χ0) is 32.6. The van der Waals surface area contributed by atoms with Crippen LogP contribution in [0.4, 0.5) is 0 Å². The molecule has 0 amide bonds. The molecule has 46 heavy (non-hydrogen) atoms.